The van der Waals surface area contributed by atoms with Gasteiger partial charge in [-0.1, -0.05) is 28.1 Å². The molecule has 1 fully saturated rings. The molecule has 14 heavy (non-hydrogen) atoms. The summed E-state index contributed by atoms with van der Waals surface area (Å²) in [7, 11) is 2.21. The van der Waals surface area contributed by atoms with Crippen molar-refractivity contribution in [2.24, 2.45) is 0 Å². The highest BCUT2D eigenvalue weighted by molar-refractivity contribution is 9.10. The minimum absolute atomic E-state index is 0.738. The highest BCUT2D eigenvalue weighted by Crippen LogP contribution is 2.26. The van der Waals surface area contributed by atoms with E-state index in [0.717, 1.165) is 5.92 Å². The largest absolute Gasteiger partial charge is 0.306 e. The fourth-order valence-corrected chi connectivity index (χ4v) is 2.44. The Morgan fingerprint density at radius 1 is 1.29 bits per heavy atom. The Morgan fingerprint density at radius 3 is 2.64 bits per heavy atom. The van der Waals surface area contributed by atoms with Crippen LogP contribution in [0.3, 0.4) is 0 Å². The Morgan fingerprint density at radius 2 is 2.00 bits per heavy atom. The van der Waals surface area contributed by atoms with Crippen LogP contribution in [0.1, 0.15) is 24.3 Å². The third-order valence-corrected chi connectivity index (χ3v) is 3.49. The quantitative estimate of drug-likeness (QED) is 0.743. The van der Waals surface area contributed by atoms with Gasteiger partial charge in [-0.25, -0.2) is 0 Å². The molecule has 0 bridgehead atoms. The Hall–Kier alpha value is -0.340. The first-order valence-corrected chi connectivity index (χ1v) is 5.99. The Bertz CT molecular complexity index is 294. The van der Waals surface area contributed by atoms with E-state index in [0.29, 0.717) is 0 Å². The summed E-state index contributed by atoms with van der Waals surface area (Å²) in [6.07, 6.45) is 2.67. The zero-order valence-corrected chi connectivity index (χ0v) is 10.1. The molecule has 2 heteroatoms. The van der Waals surface area contributed by atoms with E-state index in [1.165, 1.54) is 36.0 Å². The molecule has 1 aromatic carbocycles. The van der Waals surface area contributed by atoms with Gasteiger partial charge in [0, 0.05) is 11.0 Å². The van der Waals surface area contributed by atoms with Crippen molar-refractivity contribution < 1.29 is 0 Å². The Balaban J connectivity index is 2.10. The van der Waals surface area contributed by atoms with Crippen molar-refractivity contribution >= 4 is 15.9 Å². The molecule has 1 saturated heterocycles. The number of piperidine rings is 1. The number of nitrogens with zero attached hydrogens (tertiary/aromatic N) is 1. The molecular weight excluding hydrogens is 238 g/mol. The predicted molar refractivity (Wildman–Crippen MR) is 63.6 cm³/mol. The van der Waals surface area contributed by atoms with Gasteiger partial charge in [0.1, 0.15) is 0 Å². The first kappa shape index (κ1) is 10.2. The second-order valence-electron chi connectivity index (χ2n) is 4.15. The molecule has 0 N–H and O–H groups in total. The van der Waals surface area contributed by atoms with Crippen molar-refractivity contribution in [3.05, 3.63) is 34.3 Å². The number of likely N-dealkylation sites (N-methyl/N-ethyl adjacent to an activating group) is 1. The smallest absolute Gasteiger partial charge is 0.0175 e. The van der Waals surface area contributed by atoms with Gasteiger partial charge in [-0.3, -0.25) is 0 Å². The van der Waals surface area contributed by atoms with Crippen LogP contribution in [0.25, 0.3) is 0 Å². The first-order valence-electron chi connectivity index (χ1n) is 5.20. The van der Waals surface area contributed by atoms with Gasteiger partial charge in [0.25, 0.3) is 0 Å². The molecule has 0 radical (unpaired) electrons. The summed E-state index contributed by atoms with van der Waals surface area (Å²) in [6, 6.07) is 8.77. The summed E-state index contributed by atoms with van der Waals surface area (Å²) in [5.41, 5.74) is 1.49. The van der Waals surface area contributed by atoms with Gasteiger partial charge < -0.3 is 4.90 Å². The standard InChI is InChI=1S/C12H16BrN/c1-14-8-2-3-11(9-14)10-4-6-12(13)7-5-10/h4-7,11H,2-3,8-9H2,1H3/t11-/m1/s1. The number of halogens is 1. The molecule has 0 spiro atoms. The molecule has 76 valence electrons. The second-order valence-corrected chi connectivity index (χ2v) is 5.07. The summed E-state index contributed by atoms with van der Waals surface area (Å²) < 4.78 is 1.17. The van der Waals surface area contributed by atoms with Crippen LogP contribution in [0.15, 0.2) is 28.7 Å². The van der Waals surface area contributed by atoms with Crippen LogP contribution in [-0.4, -0.2) is 25.0 Å². The van der Waals surface area contributed by atoms with Gasteiger partial charge in [0.2, 0.25) is 0 Å². The fourth-order valence-electron chi connectivity index (χ4n) is 2.17. The summed E-state index contributed by atoms with van der Waals surface area (Å²) >= 11 is 3.47. The van der Waals surface area contributed by atoms with E-state index in [9.17, 15) is 0 Å². The van der Waals surface area contributed by atoms with Crippen LogP contribution in [0, 0.1) is 0 Å². The van der Waals surface area contributed by atoms with Crippen LogP contribution in [0.4, 0.5) is 0 Å². The van der Waals surface area contributed by atoms with E-state index >= 15 is 0 Å². The maximum Gasteiger partial charge on any atom is 0.0175 e. The average molecular weight is 254 g/mol. The minimum Gasteiger partial charge on any atom is -0.306 e. The highest BCUT2D eigenvalue weighted by Gasteiger charge is 2.18. The van der Waals surface area contributed by atoms with Crippen molar-refractivity contribution in [2.75, 3.05) is 20.1 Å². The maximum atomic E-state index is 3.47. The van der Waals surface area contributed by atoms with E-state index in [4.69, 9.17) is 0 Å². The van der Waals surface area contributed by atoms with Gasteiger partial charge in [0.05, 0.1) is 0 Å². The number of hydrogen-bond acceptors (Lipinski definition) is 1. The van der Waals surface area contributed by atoms with Crippen molar-refractivity contribution in [3.63, 3.8) is 0 Å². The van der Waals surface area contributed by atoms with Crippen molar-refractivity contribution in [2.45, 2.75) is 18.8 Å². The van der Waals surface area contributed by atoms with Crippen LogP contribution in [0.2, 0.25) is 0 Å². The molecule has 0 saturated carbocycles. The summed E-state index contributed by atoms with van der Waals surface area (Å²) in [5, 5.41) is 0. The van der Waals surface area contributed by atoms with E-state index in [-0.39, 0.29) is 0 Å². The topological polar surface area (TPSA) is 3.24 Å². The lowest BCUT2D eigenvalue weighted by atomic mass is 9.91. The number of benzene rings is 1. The van der Waals surface area contributed by atoms with Crippen molar-refractivity contribution in [1.82, 2.24) is 4.90 Å². The summed E-state index contributed by atoms with van der Waals surface area (Å²) in [6.45, 7) is 2.47. The SMILES string of the molecule is CN1CCC[C@@H](c2ccc(Br)cc2)C1. The van der Waals surface area contributed by atoms with Gasteiger partial charge in [0.15, 0.2) is 0 Å². The van der Waals surface area contributed by atoms with E-state index in [1.807, 2.05) is 0 Å². The number of likely N-dealkylation sites (tertiary alicyclic amines) is 1. The molecule has 0 aromatic heterocycles. The molecule has 0 aliphatic carbocycles. The lowest BCUT2D eigenvalue weighted by Gasteiger charge is -2.29. The molecular formula is C12H16BrN. The van der Waals surface area contributed by atoms with Gasteiger partial charge >= 0.3 is 0 Å². The van der Waals surface area contributed by atoms with Crippen LogP contribution < -0.4 is 0 Å². The van der Waals surface area contributed by atoms with Crippen molar-refractivity contribution in [1.29, 1.82) is 0 Å². The average Bonchev–Trinajstić information content (AvgIpc) is 2.19. The third-order valence-electron chi connectivity index (χ3n) is 2.97. The zero-order chi connectivity index (χ0) is 9.97. The second kappa shape index (κ2) is 4.45. The van der Waals surface area contributed by atoms with Crippen LogP contribution in [0.5, 0.6) is 0 Å². The Labute approximate surface area is 94.2 Å². The molecule has 1 nitrogen and oxygen atoms in total. The molecule has 1 aromatic rings. The van der Waals surface area contributed by atoms with Gasteiger partial charge in [-0.05, 0) is 50.0 Å². The monoisotopic (exact) mass is 253 g/mol. The number of hydrogen-bond donors (Lipinski definition) is 0. The molecule has 1 aliphatic rings. The van der Waals surface area contributed by atoms with Gasteiger partial charge in [-0.2, -0.15) is 0 Å². The molecule has 1 aliphatic heterocycles. The summed E-state index contributed by atoms with van der Waals surface area (Å²) in [4.78, 5) is 2.43. The summed E-state index contributed by atoms with van der Waals surface area (Å²) in [5.74, 6) is 0.738. The van der Waals surface area contributed by atoms with E-state index in [2.05, 4.69) is 52.1 Å². The molecule has 0 amide bonds. The predicted octanol–water partition coefficient (Wildman–Crippen LogP) is 3.26. The highest BCUT2D eigenvalue weighted by atomic mass is 79.9. The molecule has 0 unspecified atom stereocenters. The first-order chi connectivity index (χ1) is 6.75. The minimum atomic E-state index is 0.738. The zero-order valence-electron chi connectivity index (χ0n) is 8.54. The molecule has 1 atom stereocenters. The lowest BCUT2D eigenvalue weighted by Crippen LogP contribution is -2.30. The van der Waals surface area contributed by atoms with E-state index in [1.54, 1.807) is 0 Å². The number of rotatable bonds is 1. The van der Waals surface area contributed by atoms with Crippen LogP contribution >= 0.6 is 15.9 Å². The Kier molecular flexibility index (Phi) is 3.24. The fraction of sp³-hybridized carbons (Fsp3) is 0.500. The third kappa shape index (κ3) is 2.37. The van der Waals surface area contributed by atoms with Crippen molar-refractivity contribution in [3.8, 4) is 0 Å². The van der Waals surface area contributed by atoms with Gasteiger partial charge in [-0.15, -0.1) is 0 Å². The molecule has 2 rings (SSSR count). The lowest BCUT2D eigenvalue weighted by molar-refractivity contribution is 0.251. The molecule has 1 heterocycles. The maximum absolute atomic E-state index is 3.47. The van der Waals surface area contributed by atoms with Crippen LogP contribution in [-0.2, 0) is 0 Å². The normalized spacial score (nSPS) is 23.7. The van der Waals surface area contributed by atoms with E-state index < -0.39 is 0 Å².